The van der Waals surface area contributed by atoms with E-state index in [9.17, 15) is 4.79 Å². The van der Waals surface area contributed by atoms with Gasteiger partial charge < -0.3 is 0 Å². The fraction of sp³-hybridized carbons (Fsp3) is 0.188. The molecular weight excluding hydrogens is 208 g/mol. The second kappa shape index (κ2) is 5.44. The van der Waals surface area contributed by atoms with Crippen LogP contribution in [0.3, 0.4) is 0 Å². The summed E-state index contributed by atoms with van der Waals surface area (Å²) in [7, 11) is 0. The number of ketones is 1. The summed E-state index contributed by atoms with van der Waals surface area (Å²) >= 11 is 0. The third-order valence-corrected chi connectivity index (χ3v) is 2.70. The lowest BCUT2D eigenvalue weighted by Crippen LogP contribution is -2.00. The maximum absolute atomic E-state index is 12.0. The quantitative estimate of drug-likeness (QED) is 0.712. The summed E-state index contributed by atoms with van der Waals surface area (Å²) in [5.41, 5.74) is 2.76. The minimum Gasteiger partial charge on any atom is -0.294 e. The Hall–Kier alpha value is -1.89. The molecular formula is C16H15O. The van der Waals surface area contributed by atoms with Crippen LogP contribution < -0.4 is 0 Å². The average Bonchev–Trinajstić information content (AvgIpc) is 2.40. The Morgan fingerprint density at radius 1 is 1.12 bits per heavy atom. The third kappa shape index (κ3) is 2.62. The Morgan fingerprint density at radius 2 is 1.88 bits per heavy atom. The third-order valence-electron chi connectivity index (χ3n) is 2.70. The van der Waals surface area contributed by atoms with Gasteiger partial charge in [0.15, 0.2) is 5.78 Å². The lowest BCUT2D eigenvalue weighted by atomic mass is 9.95. The Morgan fingerprint density at radius 3 is 2.59 bits per heavy atom. The van der Waals surface area contributed by atoms with E-state index in [1.807, 2.05) is 49.4 Å². The second-order valence-corrected chi connectivity index (χ2v) is 4.00. The Bertz CT molecular complexity index is 500. The van der Waals surface area contributed by atoms with Gasteiger partial charge in [0.05, 0.1) is 0 Å². The first-order chi connectivity index (χ1) is 8.33. The molecule has 17 heavy (non-hydrogen) atoms. The van der Waals surface area contributed by atoms with E-state index < -0.39 is 0 Å². The standard InChI is InChI=1S/C16H15O/c1-2-8-16(17)15-12-7-6-11-14(15)13-9-4-3-5-10-13/h3-7,9-11H,2,8H2,1H3. The summed E-state index contributed by atoms with van der Waals surface area (Å²) < 4.78 is 0. The molecule has 0 unspecified atom stereocenters. The first-order valence-corrected chi connectivity index (χ1v) is 5.92. The fourth-order valence-corrected chi connectivity index (χ4v) is 1.88. The van der Waals surface area contributed by atoms with Gasteiger partial charge >= 0.3 is 0 Å². The molecule has 0 saturated heterocycles. The summed E-state index contributed by atoms with van der Waals surface area (Å²) in [6.07, 6.45) is 1.45. The number of Topliss-reactive ketones (excluding diaryl/α,β-unsaturated/α-hetero) is 1. The molecule has 2 aromatic carbocycles. The molecule has 0 heterocycles. The molecule has 0 saturated carbocycles. The van der Waals surface area contributed by atoms with E-state index in [1.54, 1.807) is 6.07 Å². The average molecular weight is 223 g/mol. The number of hydrogen-bond donors (Lipinski definition) is 0. The van der Waals surface area contributed by atoms with Crippen LogP contribution in [0.1, 0.15) is 30.1 Å². The normalized spacial score (nSPS) is 10.2. The van der Waals surface area contributed by atoms with Crippen LogP contribution in [-0.4, -0.2) is 5.78 Å². The van der Waals surface area contributed by atoms with Crippen molar-refractivity contribution in [2.45, 2.75) is 19.8 Å². The van der Waals surface area contributed by atoms with Crippen molar-refractivity contribution >= 4 is 5.78 Å². The van der Waals surface area contributed by atoms with Gasteiger partial charge in [-0.05, 0) is 23.6 Å². The highest BCUT2D eigenvalue weighted by molar-refractivity contribution is 6.02. The van der Waals surface area contributed by atoms with Crippen molar-refractivity contribution in [3.63, 3.8) is 0 Å². The van der Waals surface area contributed by atoms with Gasteiger partial charge in [0, 0.05) is 12.0 Å². The van der Waals surface area contributed by atoms with Crippen LogP contribution in [-0.2, 0) is 0 Å². The van der Waals surface area contributed by atoms with Gasteiger partial charge in [0.25, 0.3) is 0 Å². The van der Waals surface area contributed by atoms with E-state index in [4.69, 9.17) is 0 Å². The highest BCUT2D eigenvalue weighted by Crippen LogP contribution is 2.24. The monoisotopic (exact) mass is 223 g/mol. The van der Waals surface area contributed by atoms with Gasteiger partial charge in [-0.15, -0.1) is 0 Å². The molecule has 2 aromatic rings. The molecule has 0 aliphatic carbocycles. The van der Waals surface area contributed by atoms with Crippen molar-refractivity contribution in [3.8, 4) is 11.1 Å². The van der Waals surface area contributed by atoms with Crippen LogP contribution in [0.5, 0.6) is 0 Å². The van der Waals surface area contributed by atoms with Gasteiger partial charge in [-0.3, -0.25) is 4.79 Å². The fourth-order valence-electron chi connectivity index (χ4n) is 1.88. The maximum Gasteiger partial charge on any atom is 0.164 e. The summed E-state index contributed by atoms with van der Waals surface area (Å²) in [5, 5.41) is 0. The Labute approximate surface area is 102 Å². The Kier molecular flexibility index (Phi) is 3.71. The molecule has 1 radical (unpaired) electrons. The van der Waals surface area contributed by atoms with Crippen LogP contribution in [0.2, 0.25) is 0 Å². The summed E-state index contributed by atoms with van der Waals surface area (Å²) in [5.74, 6) is 0.173. The van der Waals surface area contributed by atoms with Crippen molar-refractivity contribution in [2.75, 3.05) is 0 Å². The second-order valence-electron chi connectivity index (χ2n) is 4.00. The smallest absolute Gasteiger partial charge is 0.164 e. The van der Waals surface area contributed by atoms with Gasteiger partial charge in [-0.2, -0.15) is 0 Å². The van der Waals surface area contributed by atoms with Crippen LogP contribution in [0, 0.1) is 6.07 Å². The zero-order valence-corrected chi connectivity index (χ0v) is 9.94. The van der Waals surface area contributed by atoms with E-state index in [-0.39, 0.29) is 5.78 Å². The van der Waals surface area contributed by atoms with Crippen molar-refractivity contribution < 1.29 is 4.79 Å². The van der Waals surface area contributed by atoms with Gasteiger partial charge in [-0.25, -0.2) is 0 Å². The van der Waals surface area contributed by atoms with Crippen molar-refractivity contribution in [1.29, 1.82) is 0 Å². The Balaban J connectivity index is 2.45. The molecule has 1 heteroatoms. The zero-order valence-electron chi connectivity index (χ0n) is 9.94. The SMILES string of the molecule is CCCC(=O)c1[c]cccc1-c1ccccc1. The van der Waals surface area contributed by atoms with Crippen LogP contribution in [0.15, 0.2) is 48.5 Å². The first-order valence-electron chi connectivity index (χ1n) is 5.92. The predicted octanol–water partition coefficient (Wildman–Crippen LogP) is 4.14. The minimum absolute atomic E-state index is 0.173. The molecule has 0 bridgehead atoms. The molecule has 2 rings (SSSR count). The predicted molar refractivity (Wildman–Crippen MR) is 70.0 cm³/mol. The number of carbonyl (C=O) groups is 1. The molecule has 0 atom stereocenters. The van der Waals surface area contributed by atoms with E-state index in [2.05, 4.69) is 6.07 Å². The maximum atomic E-state index is 12.0. The molecule has 0 N–H and O–H groups in total. The highest BCUT2D eigenvalue weighted by atomic mass is 16.1. The topological polar surface area (TPSA) is 17.1 Å². The molecule has 0 aliphatic heterocycles. The lowest BCUT2D eigenvalue weighted by molar-refractivity contribution is 0.0982. The van der Waals surface area contributed by atoms with Crippen LogP contribution >= 0.6 is 0 Å². The largest absolute Gasteiger partial charge is 0.294 e. The van der Waals surface area contributed by atoms with E-state index in [0.29, 0.717) is 12.0 Å². The number of hydrogen-bond acceptors (Lipinski definition) is 1. The van der Waals surface area contributed by atoms with Crippen molar-refractivity contribution in [3.05, 3.63) is 60.2 Å². The molecule has 1 nitrogen and oxygen atoms in total. The van der Waals surface area contributed by atoms with Gasteiger partial charge in [0.1, 0.15) is 0 Å². The molecule has 0 aliphatic rings. The summed E-state index contributed by atoms with van der Waals surface area (Å²) in [6, 6.07) is 18.8. The van der Waals surface area contributed by atoms with Crippen molar-refractivity contribution in [1.82, 2.24) is 0 Å². The number of rotatable bonds is 4. The highest BCUT2D eigenvalue weighted by Gasteiger charge is 2.11. The van der Waals surface area contributed by atoms with E-state index in [0.717, 1.165) is 17.5 Å². The first kappa shape index (κ1) is 11.6. The van der Waals surface area contributed by atoms with Gasteiger partial charge in [-0.1, -0.05) is 55.5 Å². The van der Waals surface area contributed by atoms with Crippen LogP contribution in [0.25, 0.3) is 11.1 Å². The van der Waals surface area contributed by atoms with E-state index in [1.165, 1.54) is 0 Å². The molecule has 0 spiro atoms. The molecule has 0 fully saturated rings. The van der Waals surface area contributed by atoms with Crippen LogP contribution in [0.4, 0.5) is 0 Å². The lowest BCUT2D eigenvalue weighted by Gasteiger charge is -2.07. The minimum atomic E-state index is 0.173. The van der Waals surface area contributed by atoms with Crippen molar-refractivity contribution in [2.24, 2.45) is 0 Å². The zero-order chi connectivity index (χ0) is 12.1. The molecule has 0 aromatic heterocycles. The van der Waals surface area contributed by atoms with Gasteiger partial charge in [0.2, 0.25) is 0 Å². The molecule has 85 valence electrons. The summed E-state index contributed by atoms with van der Waals surface area (Å²) in [6.45, 7) is 2.02. The molecule has 0 amide bonds. The number of benzene rings is 2. The summed E-state index contributed by atoms with van der Waals surface area (Å²) in [4.78, 5) is 12.0. The number of carbonyl (C=O) groups excluding carboxylic acids is 1. The van der Waals surface area contributed by atoms with E-state index >= 15 is 0 Å².